The molecule has 1 aromatic heterocycles. The van der Waals surface area contributed by atoms with Gasteiger partial charge in [0.05, 0.1) is 11.0 Å². The summed E-state index contributed by atoms with van der Waals surface area (Å²) in [6.07, 6.45) is -2.08. The van der Waals surface area contributed by atoms with E-state index in [1.54, 1.807) is 4.57 Å². The summed E-state index contributed by atoms with van der Waals surface area (Å²) in [6, 6.07) is 7.69. The number of para-hydroxylation sites is 2. The number of benzene rings is 1. The van der Waals surface area contributed by atoms with Crippen LogP contribution in [0.2, 0.25) is 0 Å². The van der Waals surface area contributed by atoms with Gasteiger partial charge in [-0.05, 0) is 19.1 Å². The Balaban J connectivity index is 0.000000453. The van der Waals surface area contributed by atoms with E-state index in [9.17, 15) is 4.79 Å². The molecule has 0 atom stereocenters. The van der Waals surface area contributed by atoms with Gasteiger partial charge in [0.25, 0.3) is 0 Å². The monoisotopic (exact) mass is 246 g/mol. The van der Waals surface area contributed by atoms with Crippen molar-refractivity contribution >= 4 is 17.2 Å². The van der Waals surface area contributed by atoms with Gasteiger partial charge in [-0.2, -0.15) is 0 Å². The predicted octanol–water partition coefficient (Wildman–Crippen LogP) is -2.76. The molecule has 2 N–H and O–H groups in total. The number of aromatic nitrogens is 2. The predicted molar refractivity (Wildman–Crippen MR) is 56.3 cm³/mol. The number of hydrogen-bond acceptors (Lipinski definition) is 3. The van der Waals surface area contributed by atoms with Crippen molar-refractivity contribution in [3.05, 3.63) is 34.7 Å². The van der Waals surface area contributed by atoms with Crippen LogP contribution >= 0.6 is 0 Å². The van der Waals surface area contributed by atoms with Crippen LogP contribution in [0.3, 0.4) is 0 Å². The summed E-state index contributed by atoms with van der Waals surface area (Å²) in [5.41, 5.74) is 1.85. The zero-order chi connectivity index (χ0) is 12.1. The molecule has 17 heavy (non-hydrogen) atoms. The Morgan fingerprint density at radius 3 is 2.53 bits per heavy atom. The van der Waals surface area contributed by atoms with Crippen molar-refractivity contribution in [1.82, 2.24) is 9.55 Å². The molecule has 0 aliphatic carbocycles. The maximum atomic E-state index is 11.3. The number of aryl methyl sites for hydroxylation is 1. The van der Waals surface area contributed by atoms with Gasteiger partial charge in [-0.1, -0.05) is 12.1 Å². The molecule has 0 unspecified atom stereocenters. The summed E-state index contributed by atoms with van der Waals surface area (Å²) in [5.74, 6) is 0. The zero-order valence-electron chi connectivity index (χ0n) is 9.64. The van der Waals surface area contributed by atoms with E-state index in [4.69, 9.17) is 15.0 Å². The van der Waals surface area contributed by atoms with E-state index in [0.717, 1.165) is 11.0 Å². The van der Waals surface area contributed by atoms with E-state index in [0.29, 0.717) is 6.54 Å². The fourth-order valence-corrected chi connectivity index (χ4v) is 1.42. The van der Waals surface area contributed by atoms with E-state index in [1.807, 2.05) is 31.2 Å². The topological polar surface area (TPSA) is 98.2 Å². The summed E-state index contributed by atoms with van der Waals surface area (Å²) < 4.78 is 1.72. The molecule has 0 saturated heterocycles. The normalized spacial score (nSPS) is 9.00. The first-order valence-corrected chi connectivity index (χ1v) is 4.63. The molecule has 0 bridgehead atoms. The van der Waals surface area contributed by atoms with Gasteiger partial charge >= 0.3 is 35.2 Å². The van der Waals surface area contributed by atoms with Crippen LogP contribution in [0, 0.1) is 0 Å². The van der Waals surface area contributed by atoms with Crippen molar-refractivity contribution in [3.63, 3.8) is 0 Å². The summed E-state index contributed by atoms with van der Waals surface area (Å²) in [7, 11) is 0. The first-order valence-electron chi connectivity index (χ1n) is 4.63. The third-order valence-electron chi connectivity index (χ3n) is 2.00. The first kappa shape index (κ1) is 15.8. The summed E-state index contributed by atoms with van der Waals surface area (Å²) in [6.45, 7) is 2.67. The van der Waals surface area contributed by atoms with Crippen LogP contribution in [-0.2, 0) is 6.54 Å². The van der Waals surface area contributed by atoms with Crippen LogP contribution in [0.1, 0.15) is 6.92 Å². The number of carbonyl (C=O) groups is 1. The molecule has 2 aromatic rings. The molecule has 0 amide bonds. The third kappa shape index (κ3) is 4.26. The molecule has 1 heterocycles. The second-order valence-corrected chi connectivity index (χ2v) is 2.96. The number of nitrogens with zero attached hydrogens (tertiary/aromatic N) is 1. The summed E-state index contributed by atoms with van der Waals surface area (Å²) in [5, 5.41) is 15.3. The Morgan fingerprint density at radius 1 is 1.47 bits per heavy atom. The minimum Gasteiger partial charge on any atom is -0.565 e. The van der Waals surface area contributed by atoms with Crippen molar-refractivity contribution in [1.29, 1.82) is 0 Å². The number of imidazole rings is 1. The zero-order valence-corrected chi connectivity index (χ0v) is 11.6. The molecule has 0 aliphatic heterocycles. The van der Waals surface area contributed by atoms with Gasteiger partial charge in [0.2, 0.25) is 6.16 Å². The molecule has 0 saturated carbocycles. The number of hydrogen-bond donors (Lipinski definition) is 2. The number of rotatable bonds is 1. The Labute approximate surface area is 119 Å². The molecule has 0 radical (unpaired) electrons. The van der Waals surface area contributed by atoms with Crippen molar-refractivity contribution in [2.45, 2.75) is 13.5 Å². The Kier molecular flexibility index (Phi) is 6.64. The molecule has 0 aliphatic rings. The Morgan fingerprint density at radius 2 is 2.00 bits per heavy atom. The number of nitrogens with one attached hydrogen (secondary N) is 1. The first-order chi connectivity index (χ1) is 7.56. The van der Waals surface area contributed by atoms with Crippen LogP contribution < -0.4 is 40.4 Å². The fraction of sp³-hybridized carbons (Fsp3) is 0.200. The third-order valence-corrected chi connectivity index (χ3v) is 2.00. The maximum Gasteiger partial charge on any atom is 1.00 e. The van der Waals surface area contributed by atoms with Gasteiger partial charge in [0, 0.05) is 6.54 Å². The van der Waals surface area contributed by atoms with Gasteiger partial charge < -0.3 is 20.0 Å². The summed E-state index contributed by atoms with van der Waals surface area (Å²) >= 11 is 0. The number of fused-ring (bicyclic) bond motifs is 1. The average molecular weight is 246 g/mol. The van der Waals surface area contributed by atoms with Gasteiger partial charge in [-0.25, -0.2) is 4.79 Å². The Hall–Kier alpha value is -1.24. The Bertz CT molecular complexity index is 542. The minimum absolute atomic E-state index is 0. The molecule has 0 spiro atoms. The van der Waals surface area contributed by atoms with Crippen molar-refractivity contribution in [2.75, 3.05) is 0 Å². The van der Waals surface area contributed by atoms with Crippen LogP contribution in [0.4, 0.5) is 4.79 Å². The van der Waals surface area contributed by atoms with Crippen LogP contribution in [-0.4, -0.2) is 20.8 Å². The van der Waals surface area contributed by atoms with Crippen molar-refractivity contribution in [3.8, 4) is 0 Å². The van der Waals surface area contributed by atoms with Gasteiger partial charge in [-0.15, -0.1) is 0 Å². The van der Waals surface area contributed by atoms with Crippen LogP contribution in [0.25, 0.3) is 11.0 Å². The van der Waals surface area contributed by atoms with Gasteiger partial charge in [0.1, 0.15) is 0 Å². The SMILES string of the molecule is CCn1c(=O)[nH]c2ccccc21.O=C([O-])O.[Na+]. The standard InChI is InChI=1S/C9H10N2O.CH2O3.Na/c1-2-11-8-6-4-3-5-7(8)10-9(11)12;2-1(3)4;/h3-6H,2H2,1H3,(H,10,12);(H2,2,3,4);/q;;+1/p-1. The van der Waals surface area contributed by atoms with Crippen molar-refractivity contribution in [2.24, 2.45) is 0 Å². The molecule has 2 rings (SSSR count). The van der Waals surface area contributed by atoms with E-state index >= 15 is 0 Å². The van der Waals surface area contributed by atoms with E-state index < -0.39 is 6.16 Å². The maximum absolute atomic E-state index is 11.3. The van der Waals surface area contributed by atoms with E-state index in [-0.39, 0.29) is 35.2 Å². The smallest absolute Gasteiger partial charge is 0.565 e. The van der Waals surface area contributed by atoms with Gasteiger partial charge in [-0.3, -0.25) is 4.57 Å². The van der Waals surface area contributed by atoms with E-state index in [1.165, 1.54) is 0 Å². The second-order valence-electron chi connectivity index (χ2n) is 2.96. The number of H-pyrrole nitrogens is 1. The molecular weight excluding hydrogens is 235 g/mol. The van der Waals surface area contributed by atoms with Crippen LogP contribution in [0.5, 0.6) is 0 Å². The summed E-state index contributed by atoms with van der Waals surface area (Å²) in [4.78, 5) is 22.5. The minimum atomic E-state index is -2.08. The van der Waals surface area contributed by atoms with Crippen LogP contribution in [0.15, 0.2) is 29.1 Å². The van der Waals surface area contributed by atoms with Crippen molar-refractivity contribution < 1.29 is 44.6 Å². The number of aromatic amines is 1. The molecule has 86 valence electrons. The molecule has 0 fully saturated rings. The largest absolute Gasteiger partial charge is 1.00 e. The molecule has 1 aromatic carbocycles. The molecule has 6 nitrogen and oxygen atoms in total. The molecule has 7 heteroatoms. The second kappa shape index (κ2) is 7.16. The quantitative estimate of drug-likeness (QED) is 0.533. The average Bonchev–Trinajstić information content (AvgIpc) is 2.52. The van der Waals surface area contributed by atoms with Gasteiger partial charge in [0.15, 0.2) is 0 Å². The molecular formula is C10H11N2NaO4. The fourth-order valence-electron chi connectivity index (χ4n) is 1.42. The van der Waals surface area contributed by atoms with E-state index in [2.05, 4.69) is 4.98 Å². The number of carboxylic acid groups (broad SMARTS) is 2.